The summed E-state index contributed by atoms with van der Waals surface area (Å²) in [5, 5.41) is 7.93. The zero-order valence-electron chi connectivity index (χ0n) is 16.7. The van der Waals surface area contributed by atoms with Crippen LogP contribution in [-0.2, 0) is 27.7 Å². The van der Waals surface area contributed by atoms with Crippen LogP contribution in [0.2, 0.25) is 0 Å². The molecule has 158 valence electrons. The second-order valence-electron chi connectivity index (χ2n) is 6.32. The summed E-state index contributed by atoms with van der Waals surface area (Å²) in [5.41, 5.74) is 1.80. The van der Waals surface area contributed by atoms with Gasteiger partial charge in [-0.3, -0.25) is 4.79 Å². The van der Waals surface area contributed by atoms with Gasteiger partial charge in [0, 0.05) is 13.0 Å². The number of nitrogens with one attached hydrogen (secondary N) is 1. The van der Waals surface area contributed by atoms with Crippen molar-refractivity contribution in [1.29, 1.82) is 0 Å². The van der Waals surface area contributed by atoms with Gasteiger partial charge in [-0.05, 0) is 48.2 Å². The number of aryl methyl sites for hydroxylation is 1. The van der Waals surface area contributed by atoms with Crippen molar-refractivity contribution in [2.24, 2.45) is 5.14 Å². The van der Waals surface area contributed by atoms with E-state index in [0.29, 0.717) is 43.1 Å². The van der Waals surface area contributed by atoms with Crippen LogP contribution >= 0.6 is 0 Å². The monoisotopic (exact) mass is 422 g/mol. The zero-order chi connectivity index (χ0) is 21.4. The van der Waals surface area contributed by atoms with Crippen LogP contribution in [0, 0.1) is 0 Å². The summed E-state index contributed by atoms with van der Waals surface area (Å²) in [4.78, 5) is 12.2. The number of ether oxygens (including phenoxy) is 3. The maximum atomic E-state index is 12.1. The van der Waals surface area contributed by atoms with Crippen LogP contribution < -0.4 is 24.7 Å². The smallest absolute Gasteiger partial charge is 0.238 e. The molecule has 0 saturated carbocycles. The van der Waals surface area contributed by atoms with Gasteiger partial charge in [0.1, 0.15) is 0 Å². The average molecular weight is 423 g/mol. The molecule has 8 nitrogen and oxygen atoms in total. The number of carbonyl (C=O) groups excluding carboxylic acids is 1. The van der Waals surface area contributed by atoms with Gasteiger partial charge in [0.15, 0.2) is 11.5 Å². The molecule has 0 fully saturated rings. The van der Waals surface area contributed by atoms with Gasteiger partial charge in [-0.1, -0.05) is 12.1 Å². The van der Waals surface area contributed by atoms with Crippen molar-refractivity contribution >= 4 is 15.9 Å². The topological polar surface area (TPSA) is 117 Å². The van der Waals surface area contributed by atoms with Gasteiger partial charge in [0.05, 0.1) is 26.2 Å². The van der Waals surface area contributed by atoms with Crippen LogP contribution in [0.25, 0.3) is 0 Å². The molecule has 1 amide bonds. The van der Waals surface area contributed by atoms with E-state index in [1.54, 1.807) is 26.4 Å². The molecule has 0 aliphatic heterocycles. The van der Waals surface area contributed by atoms with E-state index in [-0.39, 0.29) is 10.8 Å². The van der Waals surface area contributed by atoms with E-state index < -0.39 is 10.0 Å². The largest absolute Gasteiger partial charge is 0.493 e. The average Bonchev–Trinajstić information content (AvgIpc) is 2.71. The van der Waals surface area contributed by atoms with Crippen molar-refractivity contribution < 1.29 is 27.4 Å². The third-order valence-electron chi connectivity index (χ3n) is 4.35. The van der Waals surface area contributed by atoms with Gasteiger partial charge in [-0.2, -0.15) is 0 Å². The molecule has 0 heterocycles. The van der Waals surface area contributed by atoms with E-state index in [0.717, 1.165) is 11.1 Å². The molecule has 0 atom stereocenters. The van der Waals surface area contributed by atoms with Gasteiger partial charge in [-0.25, -0.2) is 13.6 Å². The van der Waals surface area contributed by atoms with E-state index in [1.165, 1.54) is 19.2 Å². The van der Waals surface area contributed by atoms with Crippen molar-refractivity contribution in [3.63, 3.8) is 0 Å². The standard InChI is InChI=1S/C20H26N2O6S/c1-26-17-12-15(13-18(27-2)20(17)28-3)6-9-19(23)22-11-10-14-4-7-16(8-5-14)29(21,24)25/h4-5,7-8,12-13H,6,9-11H2,1-3H3,(H,22,23)(H2,21,24,25). The van der Waals surface area contributed by atoms with Crippen LogP contribution in [0.3, 0.4) is 0 Å². The fourth-order valence-corrected chi connectivity index (χ4v) is 3.33. The van der Waals surface area contributed by atoms with Gasteiger partial charge >= 0.3 is 0 Å². The molecular formula is C20H26N2O6S. The number of hydrogen-bond donors (Lipinski definition) is 2. The normalized spacial score (nSPS) is 11.0. The molecule has 2 rings (SSSR count). The third-order valence-corrected chi connectivity index (χ3v) is 5.28. The minimum absolute atomic E-state index is 0.0654. The van der Waals surface area contributed by atoms with E-state index in [4.69, 9.17) is 19.3 Å². The first-order valence-corrected chi connectivity index (χ1v) is 10.5. The van der Waals surface area contributed by atoms with Crippen molar-refractivity contribution in [3.05, 3.63) is 47.5 Å². The Kier molecular flexibility index (Phi) is 7.86. The van der Waals surface area contributed by atoms with Crippen LogP contribution in [0.15, 0.2) is 41.3 Å². The molecule has 0 bridgehead atoms. The number of benzene rings is 2. The highest BCUT2D eigenvalue weighted by Crippen LogP contribution is 2.38. The molecule has 0 aliphatic rings. The quantitative estimate of drug-likeness (QED) is 0.601. The highest BCUT2D eigenvalue weighted by atomic mass is 32.2. The molecule has 2 aromatic carbocycles. The number of carbonyl (C=O) groups is 1. The van der Waals surface area contributed by atoms with E-state index >= 15 is 0 Å². The fraction of sp³-hybridized carbons (Fsp3) is 0.350. The van der Waals surface area contributed by atoms with Crippen LogP contribution in [0.1, 0.15) is 17.5 Å². The van der Waals surface area contributed by atoms with Crippen molar-refractivity contribution in [3.8, 4) is 17.2 Å². The molecule has 0 aromatic heterocycles. The first-order chi connectivity index (χ1) is 13.8. The number of nitrogens with two attached hydrogens (primary N) is 1. The van der Waals surface area contributed by atoms with E-state index in [1.807, 2.05) is 12.1 Å². The number of primary sulfonamides is 1. The highest BCUT2D eigenvalue weighted by Gasteiger charge is 2.14. The Morgan fingerprint density at radius 2 is 1.52 bits per heavy atom. The van der Waals surface area contributed by atoms with Gasteiger partial charge < -0.3 is 19.5 Å². The highest BCUT2D eigenvalue weighted by molar-refractivity contribution is 7.89. The van der Waals surface area contributed by atoms with E-state index in [9.17, 15) is 13.2 Å². The minimum atomic E-state index is -3.70. The Bertz CT molecular complexity index is 917. The lowest BCUT2D eigenvalue weighted by Gasteiger charge is -2.14. The summed E-state index contributed by atoms with van der Waals surface area (Å²) in [6, 6.07) is 9.92. The maximum Gasteiger partial charge on any atom is 0.238 e. The molecule has 2 aromatic rings. The lowest BCUT2D eigenvalue weighted by molar-refractivity contribution is -0.121. The SMILES string of the molecule is COc1cc(CCC(=O)NCCc2ccc(S(N)(=O)=O)cc2)cc(OC)c1OC. The number of hydrogen-bond acceptors (Lipinski definition) is 6. The first-order valence-electron chi connectivity index (χ1n) is 8.95. The second-order valence-corrected chi connectivity index (χ2v) is 7.88. The fourth-order valence-electron chi connectivity index (χ4n) is 2.82. The predicted molar refractivity (Wildman–Crippen MR) is 109 cm³/mol. The van der Waals surface area contributed by atoms with Crippen LogP contribution in [-0.4, -0.2) is 42.2 Å². The number of rotatable bonds is 10. The lowest BCUT2D eigenvalue weighted by Crippen LogP contribution is -2.25. The van der Waals surface area contributed by atoms with Crippen LogP contribution in [0.4, 0.5) is 0 Å². The summed E-state index contributed by atoms with van der Waals surface area (Å²) in [7, 11) is 0.930. The van der Waals surface area contributed by atoms with Gasteiger partial charge in [0.25, 0.3) is 0 Å². The van der Waals surface area contributed by atoms with Crippen LogP contribution in [0.5, 0.6) is 17.2 Å². The summed E-state index contributed by atoms with van der Waals surface area (Å²) >= 11 is 0. The number of sulfonamides is 1. The molecule has 9 heteroatoms. The summed E-state index contributed by atoms with van der Waals surface area (Å²) < 4.78 is 38.4. The first kappa shape index (κ1) is 22.5. The van der Waals surface area contributed by atoms with Crippen molar-refractivity contribution in [2.75, 3.05) is 27.9 Å². The molecular weight excluding hydrogens is 396 g/mol. The third kappa shape index (κ3) is 6.37. The molecule has 0 spiro atoms. The Morgan fingerprint density at radius 1 is 0.931 bits per heavy atom. The number of amides is 1. The summed E-state index contributed by atoms with van der Waals surface area (Å²) in [6.07, 6.45) is 1.41. The lowest BCUT2D eigenvalue weighted by atomic mass is 10.1. The molecule has 0 saturated heterocycles. The Hall–Kier alpha value is -2.78. The van der Waals surface area contributed by atoms with Gasteiger partial charge in [-0.15, -0.1) is 0 Å². The van der Waals surface area contributed by atoms with Crippen molar-refractivity contribution in [1.82, 2.24) is 5.32 Å². The van der Waals surface area contributed by atoms with Crippen molar-refractivity contribution in [2.45, 2.75) is 24.2 Å². The summed E-state index contributed by atoms with van der Waals surface area (Å²) in [6.45, 7) is 0.447. The predicted octanol–water partition coefficient (Wildman–Crippen LogP) is 1.65. The second kappa shape index (κ2) is 10.1. The maximum absolute atomic E-state index is 12.1. The molecule has 0 aliphatic carbocycles. The summed E-state index contributed by atoms with van der Waals surface area (Å²) in [5.74, 6) is 1.52. The van der Waals surface area contributed by atoms with Gasteiger partial charge in [0.2, 0.25) is 21.7 Å². The molecule has 3 N–H and O–H groups in total. The molecule has 29 heavy (non-hydrogen) atoms. The molecule has 0 radical (unpaired) electrons. The number of methoxy groups -OCH3 is 3. The van der Waals surface area contributed by atoms with E-state index in [2.05, 4.69) is 5.32 Å². The Balaban J connectivity index is 1.86. The Labute approximate surface area is 171 Å². The molecule has 0 unspecified atom stereocenters. The Morgan fingerprint density at radius 3 is 2.00 bits per heavy atom. The zero-order valence-corrected chi connectivity index (χ0v) is 17.5. The minimum Gasteiger partial charge on any atom is -0.493 e.